The van der Waals surface area contributed by atoms with Crippen molar-refractivity contribution in [1.82, 2.24) is 108 Å². The number of imidazole rings is 1. The van der Waals surface area contributed by atoms with E-state index < -0.39 is 235 Å². The molecule has 14 atom stereocenters. The highest BCUT2D eigenvalue weighted by atomic mass is 32.2. The van der Waals surface area contributed by atoms with Crippen LogP contribution in [0.1, 0.15) is 107 Å². The van der Waals surface area contributed by atoms with Gasteiger partial charge >= 0.3 is 0 Å². The first-order chi connectivity index (χ1) is 64.1. The average molecular weight is 1870 g/mol. The van der Waals surface area contributed by atoms with Crippen molar-refractivity contribution in [3.63, 3.8) is 0 Å². The quantitative estimate of drug-likeness (QED) is 0.0198. The third kappa shape index (κ3) is 28.2. The number of aliphatic hydroxyl groups excluding tert-OH is 1. The molecule has 718 valence electrons. The number of aromatic amines is 3. The third-order valence-electron chi connectivity index (χ3n) is 23.9. The van der Waals surface area contributed by atoms with Gasteiger partial charge < -0.3 is 120 Å². The molecule has 10 rings (SSSR count). The molecule has 42 nitrogen and oxygen atoms in total. The van der Waals surface area contributed by atoms with E-state index in [1.165, 1.54) is 54.6 Å². The van der Waals surface area contributed by atoms with Gasteiger partial charge in [0.25, 0.3) is 0 Å². The van der Waals surface area contributed by atoms with Gasteiger partial charge in [-0.1, -0.05) is 117 Å². The first-order valence-electron chi connectivity index (χ1n) is 44.4. The smallest absolute Gasteiger partial charge is 0.246 e. The van der Waals surface area contributed by atoms with Gasteiger partial charge in [-0.25, -0.2) is 4.98 Å². The first kappa shape index (κ1) is 102. The second kappa shape index (κ2) is 48.8. The molecule has 3 aromatic heterocycles. The number of nitrogens with two attached hydrogens (primary N) is 2. The zero-order chi connectivity index (χ0) is 97.0. The number of primary amides is 1. The standard InChI is InChI=1S/C91H120N24O18S/c1-8-9-31-72-90(133)114(7)73(37-54-24-14-11-15-25-54)85(128)104-62(30-20-33-96-91(93)94)80(123)110-70(79(122)99-45-74(92)117)48-134-49-77(120)103-66(36-53-22-12-10-13-23-53)87(130)112(5)52(3)78(121)106-68-41-75(118)101-51(2)35-65(107-82(125)64(40-57-44-95-50-100-57)105-84(127)71-32-21-34-115(71)89(68)132)86(129)111(4)46-76(119)102-63(38-55-42-97-60-28-18-16-26-58(55)60)81(124)109-69(47-116)83(126)108-67(88(131)113(72)6)39-56-43-98-61-29-19-17-27-59(56)61/h10-19,22-29,42-44,50-52,62-73,97-98,116H,8-9,20-21,30-41,45-49H2,1-7H3,(H2,92,117)(H,95,100)(H,99,122)(H,101,118)(H,102,119)(H,103,120)(H,104,128)(H,105,127)(H,106,121)(H,107,125)(H,108,126)(H,109,124)(H,110,123)(H4,93,94,96)/t51?,52-,62-,63-,64-,65-,66-,67-,68-,69-,70-,71-,72-,73-/m0/s1. The Morgan fingerprint density at radius 1 is 0.522 bits per heavy atom. The number of aliphatic hydroxyl groups is 1. The average Bonchev–Trinajstić information content (AvgIpc) is 1.45. The molecule has 17 amide bonds. The molecule has 3 saturated heterocycles. The Morgan fingerprint density at radius 2 is 1.07 bits per heavy atom. The number of carbonyl (C=O) groups is 17. The summed E-state index contributed by atoms with van der Waals surface area (Å²) in [5, 5.41) is 52.4. The fourth-order valence-electron chi connectivity index (χ4n) is 16.4. The molecule has 0 aliphatic carbocycles. The Kier molecular flexibility index (Phi) is 37.1. The maximum absolute atomic E-state index is 15.8. The summed E-state index contributed by atoms with van der Waals surface area (Å²) in [6.07, 6.45) is 4.39. The number of likely N-dealkylation sites (N-methyl/N-ethyl adjacent to an activating group) is 4. The Balaban J connectivity index is 1.04. The van der Waals surface area contributed by atoms with E-state index in [0.717, 1.165) is 36.3 Å². The van der Waals surface area contributed by atoms with E-state index in [9.17, 15) is 43.5 Å². The van der Waals surface area contributed by atoms with Crippen LogP contribution in [-0.4, -0.2) is 313 Å². The number of unbranched alkanes of at least 4 members (excludes halogenated alkanes) is 1. The van der Waals surface area contributed by atoms with Crippen LogP contribution in [0, 0.1) is 5.41 Å². The molecule has 43 heteroatoms. The molecule has 0 radical (unpaired) electrons. The summed E-state index contributed by atoms with van der Waals surface area (Å²) in [5.74, 6) is -17.1. The molecular weight excluding hydrogens is 1750 g/mol. The SMILES string of the molecule is CCCC[C@H]1C(=O)N(C)[C@@H](Cc2ccccc2)C(=O)N[C@@H](CCCNC(=N)N)C(=O)N[C@H](C(=O)NCC(N)=O)CSCC(=O)N[C@@H](Cc2ccccc2)C(=O)N(C)[C@@H](C)C(=O)N[C@H]2CC(=O)NC(C)C[C@H](NC(=O)[C@H](Cc3cnc[nH]3)NC(=O)[C@@H]3CCCN3C2=O)C(=O)N(C)CC(=O)N[C@@H](Cc2c[nH]c3ccccc23)C(=O)N[C@@H](CO)C(=O)N[C@@H](Cc2c[nH]c3ccccc23)C(=O)N1C. The van der Waals surface area contributed by atoms with Crippen molar-refractivity contribution in [2.45, 2.75) is 195 Å². The lowest BCUT2D eigenvalue weighted by Crippen LogP contribution is -2.61. The third-order valence-corrected chi connectivity index (χ3v) is 24.9. The van der Waals surface area contributed by atoms with Gasteiger partial charge in [0.05, 0.1) is 38.2 Å². The summed E-state index contributed by atoms with van der Waals surface area (Å²) in [6.45, 7) is 1.91. The van der Waals surface area contributed by atoms with Crippen LogP contribution in [0.2, 0.25) is 0 Å². The number of para-hydroxylation sites is 2. The summed E-state index contributed by atoms with van der Waals surface area (Å²) in [4.78, 5) is 272. The van der Waals surface area contributed by atoms with Gasteiger partial charge in [-0.05, 0) is 86.8 Å². The number of hydrogen-bond donors (Lipinski definition) is 19. The molecular formula is C91H120N24O18S. The minimum atomic E-state index is -1.89. The van der Waals surface area contributed by atoms with E-state index in [1.807, 2.05) is 6.92 Å². The molecule has 0 spiro atoms. The number of thioether (sulfide) groups is 1. The highest BCUT2D eigenvalue weighted by Gasteiger charge is 2.45. The van der Waals surface area contributed by atoms with Gasteiger partial charge in [0.15, 0.2) is 5.96 Å². The van der Waals surface area contributed by atoms with Crippen molar-refractivity contribution in [3.8, 4) is 0 Å². The number of H-pyrrole nitrogens is 3. The second-order valence-electron chi connectivity index (χ2n) is 33.8. The fourth-order valence-corrected chi connectivity index (χ4v) is 17.3. The summed E-state index contributed by atoms with van der Waals surface area (Å²) >= 11 is 0.792. The lowest BCUT2D eigenvalue weighted by atomic mass is 9.99. The number of fused-ring (bicyclic) bond motifs is 9. The molecule has 3 aliphatic rings. The summed E-state index contributed by atoms with van der Waals surface area (Å²) in [5.41, 5.74) is 14.8. The normalized spacial score (nSPS) is 24.4. The van der Waals surface area contributed by atoms with Crippen LogP contribution in [0.4, 0.5) is 0 Å². The highest BCUT2D eigenvalue weighted by molar-refractivity contribution is 8.00. The Labute approximate surface area is 777 Å². The molecule has 1 unspecified atom stereocenters. The van der Waals surface area contributed by atoms with Crippen LogP contribution in [0.25, 0.3) is 21.8 Å². The molecule has 3 aliphatic heterocycles. The second-order valence-corrected chi connectivity index (χ2v) is 34.8. The highest BCUT2D eigenvalue weighted by Crippen LogP contribution is 2.26. The number of nitrogens with zero attached hydrogens (tertiary/aromatic N) is 6. The van der Waals surface area contributed by atoms with E-state index in [1.54, 1.807) is 122 Å². The maximum Gasteiger partial charge on any atom is 0.246 e. The molecule has 3 fully saturated rings. The monoisotopic (exact) mass is 1870 g/mol. The van der Waals surface area contributed by atoms with E-state index in [2.05, 4.69) is 83.7 Å². The summed E-state index contributed by atoms with van der Waals surface area (Å²) in [6, 6.07) is 9.61. The van der Waals surface area contributed by atoms with Gasteiger partial charge in [0, 0.05) is 131 Å². The van der Waals surface area contributed by atoms with E-state index in [0.29, 0.717) is 62.6 Å². The minimum absolute atomic E-state index is 0.0146. The Hall–Kier alpha value is -14.3. The van der Waals surface area contributed by atoms with Gasteiger partial charge in [0.1, 0.15) is 78.5 Å². The van der Waals surface area contributed by atoms with Crippen molar-refractivity contribution in [1.29, 1.82) is 5.41 Å². The number of aromatic nitrogens is 4. The number of carbonyl (C=O) groups excluding carboxylic acids is 17. The van der Waals surface area contributed by atoms with Crippen LogP contribution < -0.4 is 75.3 Å². The maximum atomic E-state index is 15.8. The zero-order valence-corrected chi connectivity index (χ0v) is 76.6. The molecule has 4 aromatic carbocycles. The predicted molar refractivity (Wildman–Crippen MR) is 494 cm³/mol. The lowest BCUT2D eigenvalue weighted by Gasteiger charge is -2.36. The number of benzene rings is 4. The Bertz CT molecular complexity index is 5370. The van der Waals surface area contributed by atoms with Crippen LogP contribution in [0.5, 0.6) is 0 Å². The largest absolute Gasteiger partial charge is 0.394 e. The lowest BCUT2D eigenvalue weighted by molar-refractivity contribution is -0.149. The van der Waals surface area contributed by atoms with Crippen LogP contribution in [0.3, 0.4) is 0 Å². The predicted octanol–water partition coefficient (Wildman–Crippen LogP) is -2.71. The van der Waals surface area contributed by atoms with Crippen molar-refractivity contribution < 1.29 is 86.6 Å². The topological polar surface area (TPSA) is 607 Å². The number of guanidine groups is 1. The number of hydrogen-bond acceptors (Lipinski definition) is 21. The Morgan fingerprint density at radius 3 is 1.70 bits per heavy atom. The van der Waals surface area contributed by atoms with E-state index in [4.69, 9.17) is 16.9 Å². The van der Waals surface area contributed by atoms with Crippen LogP contribution in [-0.2, 0) is 114 Å². The van der Waals surface area contributed by atoms with Crippen molar-refractivity contribution >= 4 is 140 Å². The first-order valence-corrected chi connectivity index (χ1v) is 45.6. The number of amides is 17. The van der Waals surface area contributed by atoms with Gasteiger partial charge in [-0.3, -0.25) is 86.9 Å². The van der Waals surface area contributed by atoms with E-state index in [-0.39, 0.29) is 77.3 Å². The van der Waals surface area contributed by atoms with E-state index >= 15 is 43.2 Å². The molecule has 134 heavy (non-hydrogen) atoms. The van der Waals surface area contributed by atoms with Gasteiger partial charge in [0.2, 0.25) is 100 Å². The van der Waals surface area contributed by atoms with Gasteiger partial charge in [-0.15, -0.1) is 11.8 Å². The van der Waals surface area contributed by atoms with Gasteiger partial charge in [-0.2, -0.15) is 0 Å². The van der Waals surface area contributed by atoms with Crippen LogP contribution in [0.15, 0.2) is 134 Å². The molecule has 2 bridgehead atoms. The number of rotatable bonds is 21. The fraction of sp³-hybridized carbons (Fsp3) is 0.462. The number of nitrogens with one attached hydrogen (secondary N) is 16. The molecule has 6 heterocycles. The van der Waals surface area contributed by atoms with Crippen LogP contribution >= 0.6 is 11.8 Å². The summed E-state index contributed by atoms with van der Waals surface area (Å²) < 4.78 is 0. The minimum Gasteiger partial charge on any atom is -0.394 e. The molecule has 7 aromatic rings. The summed E-state index contributed by atoms with van der Waals surface area (Å²) in [7, 11) is 5.17. The molecule has 21 N–H and O–H groups in total. The van der Waals surface area contributed by atoms with Crippen molar-refractivity contribution in [2.75, 3.05) is 72.5 Å². The zero-order valence-electron chi connectivity index (χ0n) is 75.8. The van der Waals surface area contributed by atoms with Crippen molar-refractivity contribution in [3.05, 3.63) is 162 Å². The van der Waals surface area contributed by atoms with Crippen molar-refractivity contribution in [2.24, 2.45) is 11.5 Å². The molecule has 0 saturated carbocycles.